The van der Waals surface area contributed by atoms with E-state index < -0.39 is 21.1 Å². The van der Waals surface area contributed by atoms with Gasteiger partial charge in [-0.2, -0.15) is 4.31 Å². The smallest absolute Gasteiger partial charge is 0.326 e. The van der Waals surface area contributed by atoms with Crippen molar-refractivity contribution < 1.29 is 22.7 Å². The molecule has 3 heterocycles. The average Bonchev–Trinajstić information content (AvgIpc) is 3.72. The van der Waals surface area contributed by atoms with Gasteiger partial charge in [0.25, 0.3) is 0 Å². The monoisotopic (exact) mass is 787 g/mol. The molecular formula is C38H44Cl3N5O5S. The van der Waals surface area contributed by atoms with E-state index in [9.17, 15) is 13.2 Å². The Kier molecular flexibility index (Phi) is 10.9. The number of halogens is 3. The molecule has 3 aliphatic heterocycles. The summed E-state index contributed by atoms with van der Waals surface area (Å²) in [7, 11) is -4.00. The van der Waals surface area contributed by atoms with E-state index in [4.69, 9.17) is 50.3 Å². The van der Waals surface area contributed by atoms with Gasteiger partial charge in [-0.3, -0.25) is 14.7 Å². The number of likely N-dealkylation sites (tertiary alicyclic amines) is 1. The molecule has 0 saturated carbocycles. The highest BCUT2D eigenvalue weighted by molar-refractivity contribution is 7.89. The number of benzene rings is 3. The molecule has 10 nitrogen and oxygen atoms in total. The number of carbonyl (C=O) groups excluding carboxylic acids is 2. The van der Waals surface area contributed by atoms with Crippen molar-refractivity contribution in [2.45, 2.75) is 81.9 Å². The second kappa shape index (κ2) is 14.8. The van der Waals surface area contributed by atoms with Crippen LogP contribution < -0.4 is 10.5 Å². The molecule has 14 heteroatoms. The molecule has 3 aliphatic rings. The molecule has 3 amide bonds. The Morgan fingerprint density at radius 1 is 0.904 bits per heavy atom. The number of sulfonamides is 1. The highest BCUT2D eigenvalue weighted by Crippen LogP contribution is 2.54. The summed E-state index contributed by atoms with van der Waals surface area (Å²) < 4.78 is 36.0. The summed E-state index contributed by atoms with van der Waals surface area (Å²) in [6.45, 7) is 9.18. The highest BCUT2D eigenvalue weighted by Gasteiger charge is 2.60. The second-order valence-corrected chi connectivity index (χ2v) is 17.6. The molecule has 6 rings (SSSR count). The fraction of sp³-hybridized carbons (Fsp3) is 0.447. The molecule has 2 fully saturated rings. The van der Waals surface area contributed by atoms with Gasteiger partial charge in [-0.1, -0.05) is 59.1 Å². The molecule has 2 N–H and O–H groups in total. The summed E-state index contributed by atoms with van der Waals surface area (Å²) in [6, 6.07) is 17.3. The summed E-state index contributed by atoms with van der Waals surface area (Å²) in [5.74, 6) is 0.212. The normalized spacial score (nSPS) is 23.0. The van der Waals surface area contributed by atoms with Gasteiger partial charge in [0.2, 0.25) is 15.9 Å². The number of hydrogen-bond acceptors (Lipinski definition) is 6. The van der Waals surface area contributed by atoms with E-state index in [1.54, 1.807) is 34.1 Å². The molecule has 0 radical (unpaired) electrons. The number of nitrogens with two attached hydrogens (primary N) is 1. The van der Waals surface area contributed by atoms with E-state index in [0.717, 1.165) is 24.0 Å². The first-order valence-electron chi connectivity index (χ1n) is 17.6. The van der Waals surface area contributed by atoms with Crippen LogP contribution in [-0.4, -0.2) is 72.6 Å². The minimum Gasteiger partial charge on any atom is -0.490 e. The van der Waals surface area contributed by atoms with Gasteiger partial charge < -0.3 is 15.4 Å². The molecule has 0 bridgehead atoms. The molecule has 0 aliphatic carbocycles. The zero-order valence-electron chi connectivity index (χ0n) is 29.7. The summed E-state index contributed by atoms with van der Waals surface area (Å²) in [5, 5.41) is 1.08. The van der Waals surface area contributed by atoms with E-state index in [1.807, 2.05) is 52.0 Å². The number of amidine groups is 1. The van der Waals surface area contributed by atoms with Gasteiger partial charge in [0.1, 0.15) is 27.6 Å². The van der Waals surface area contributed by atoms with E-state index in [0.29, 0.717) is 54.6 Å². The van der Waals surface area contributed by atoms with Crippen LogP contribution in [0.2, 0.25) is 15.1 Å². The molecule has 0 spiro atoms. The molecular weight excluding hydrogens is 745 g/mol. The average molecular weight is 789 g/mol. The standard InChI is InChI=1S/C38H44Cl3N5O5S/c1-24(2)51-32-23-31(41)33(52(49,50)45-17-5-6-18-45)22-30(32)35-43-37(3,26-7-11-28(39)12-8-26)38(4,27-9-13-29(40)14-10-27)46(35)36(48)44-19-15-25(16-20-44)21-34(42)47/h7-14,22-25H,5-6,15-21H2,1-4H3,(H2,42,47). The Morgan fingerprint density at radius 3 is 2.00 bits per heavy atom. The van der Waals surface area contributed by atoms with Crippen LogP contribution in [0.4, 0.5) is 4.79 Å². The van der Waals surface area contributed by atoms with Crippen molar-refractivity contribution in [3.8, 4) is 5.75 Å². The third-order valence-corrected chi connectivity index (χ3v) is 13.5. The molecule has 3 aromatic rings. The first-order valence-corrected chi connectivity index (χ1v) is 20.1. The van der Waals surface area contributed by atoms with Gasteiger partial charge in [-0.15, -0.1) is 0 Å². The van der Waals surface area contributed by atoms with Crippen molar-refractivity contribution in [1.82, 2.24) is 14.1 Å². The number of amides is 3. The van der Waals surface area contributed by atoms with Gasteiger partial charge in [-0.25, -0.2) is 13.2 Å². The molecule has 2 saturated heterocycles. The lowest BCUT2D eigenvalue weighted by Crippen LogP contribution is -2.59. The van der Waals surface area contributed by atoms with Crippen molar-refractivity contribution in [2.24, 2.45) is 16.6 Å². The third-order valence-electron chi connectivity index (χ3n) is 10.6. The van der Waals surface area contributed by atoms with E-state index in [-0.39, 0.29) is 51.9 Å². The third kappa shape index (κ3) is 7.02. The zero-order valence-corrected chi connectivity index (χ0v) is 32.8. The van der Waals surface area contributed by atoms with Crippen molar-refractivity contribution in [2.75, 3.05) is 26.2 Å². The van der Waals surface area contributed by atoms with Crippen molar-refractivity contribution in [1.29, 1.82) is 0 Å². The van der Waals surface area contributed by atoms with Crippen molar-refractivity contribution in [3.05, 3.63) is 92.4 Å². The number of urea groups is 1. The predicted octanol–water partition coefficient (Wildman–Crippen LogP) is 7.82. The first kappa shape index (κ1) is 38.4. The number of rotatable bonds is 9. The van der Waals surface area contributed by atoms with E-state index >= 15 is 4.79 Å². The maximum Gasteiger partial charge on any atom is 0.326 e. The summed E-state index contributed by atoms with van der Waals surface area (Å²) in [4.78, 5) is 35.8. The second-order valence-electron chi connectivity index (χ2n) is 14.4. The summed E-state index contributed by atoms with van der Waals surface area (Å²) in [5.41, 5.74) is 4.99. The number of piperidine rings is 1. The Morgan fingerprint density at radius 2 is 1.46 bits per heavy atom. The Bertz CT molecular complexity index is 1980. The van der Waals surface area contributed by atoms with E-state index in [2.05, 4.69) is 0 Å². The summed E-state index contributed by atoms with van der Waals surface area (Å²) >= 11 is 19.6. The number of nitrogens with zero attached hydrogens (tertiary/aromatic N) is 4. The largest absolute Gasteiger partial charge is 0.490 e. The quantitative estimate of drug-likeness (QED) is 0.237. The molecule has 2 atom stereocenters. The minimum absolute atomic E-state index is 0.0141. The maximum atomic E-state index is 15.3. The fourth-order valence-corrected chi connectivity index (χ4v) is 9.94. The van der Waals surface area contributed by atoms with Crippen LogP contribution in [0.3, 0.4) is 0 Å². The summed E-state index contributed by atoms with van der Waals surface area (Å²) in [6.07, 6.45) is 2.63. The maximum absolute atomic E-state index is 15.3. The molecule has 0 aromatic heterocycles. The van der Waals surface area contributed by atoms with Gasteiger partial charge in [0.15, 0.2) is 0 Å². The van der Waals surface area contributed by atoms with Crippen LogP contribution in [0, 0.1) is 5.92 Å². The number of primary amides is 1. The van der Waals surface area contributed by atoms with E-state index in [1.165, 1.54) is 16.4 Å². The fourth-order valence-electron chi connectivity index (χ4n) is 7.65. The van der Waals surface area contributed by atoms with Crippen LogP contribution in [0.15, 0.2) is 70.6 Å². The lowest BCUT2D eigenvalue weighted by atomic mass is 9.71. The van der Waals surface area contributed by atoms with Crippen LogP contribution >= 0.6 is 34.8 Å². The number of ether oxygens (including phenoxy) is 1. The predicted molar refractivity (Wildman–Crippen MR) is 205 cm³/mol. The first-order chi connectivity index (χ1) is 24.6. The lowest BCUT2D eigenvalue weighted by molar-refractivity contribution is -0.119. The highest BCUT2D eigenvalue weighted by atomic mass is 35.5. The van der Waals surface area contributed by atoms with Gasteiger partial charge >= 0.3 is 6.03 Å². The Labute approximate surface area is 320 Å². The minimum atomic E-state index is -4.00. The number of aliphatic imine (C=N–C) groups is 1. The molecule has 278 valence electrons. The molecule has 2 unspecified atom stereocenters. The van der Waals surface area contributed by atoms with Gasteiger partial charge in [0, 0.05) is 48.7 Å². The van der Waals surface area contributed by atoms with Gasteiger partial charge in [-0.05, 0) is 101 Å². The number of hydrogen-bond donors (Lipinski definition) is 1. The van der Waals surface area contributed by atoms with Crippen molar-refractivity contribution in [3.63, 3.8) is 0 Å². The zero-order chi connectivity index (χ0) is 37.6. The van der Waals surface area contributed by atoms with Gasteiger partial charge in [0.05, 0.1) is 16.7 Å². The lowest BCUT2D eigenvalue weighted by Gasteiger charge is -2.47. The van der Waals surface area contributed by atoms with Crippen LogP contribution in [0.1, 0.15) is 76.5 Å². The Balaban J connectivity index is 1.61. The molecule has 3 aromatic carbocycles. The topological polar surface area (TPSA) is 126 Å². The van der Waals surface area contributed by atoms with Crippen LogP contribution in [0.25, 0.3) is 0 Å². The Hall–Kier alpha value is -3.35. The van der Waals surface area contributed by atoms with Crippen molar-refractivity contribution >= 4 is 62.6 Å². The molecule has 52 heavy (non-hydrogen) atoms. The SMILES string of the molecule is CC(C)Oc1cc(Cl)c(S(=O)(=O)N2CCCC2)cc1C1=NC(C)(c2ccc(Cl)cc2)C(C)(c2ccc(Cl)cc2)N1C(=O)N1CCC(CC(N)=O)CC1. The number of carbonyl (C=O) groups is 2. The van der Waals surface area contributed by atoms with Crippen LogP contribution in [0.5, 0.6) is 5.75 Å². The van der Waals surface area contributed by atoms with Crippen LogP contribution in [-0.2, 0) is 25.9 Å².